The average molecular weight is 318 g/mol. The molecule has 128 valence electrons. The number of nitrogens with zero attached hydrogens (tertiary/aromatic N) is 2. The minimum atomic E-state index is -0.280. The van der Waals surface area contributed by atoms with Crippen LogP contribution < -0.4 is 0 Å². The van der Waals surface area contributed by atoms with Gasteiger partial charge in [0.15, 0.2) is 0 Å². The van der Waals surface area contributed by atoms with Crippen molar-refractivity contribution in [3.05, 3.63) is 35.9 Å². The van der Waals surface area contributed by atoms with Crippen molar-refractivity contribution in [2.75, 3.05) is 45.9 Å². The molecule has 1 aromatic carbocycles. The first kappa shape index (κ1) is 16.9. The van der Waals surface area contributed by atoms with Gasteiger partial charge in [-0.05, 0) is 24.9 Å². The Labute approximate surface area is 140 Å². The molecule has 2 saturated heterocycles. The lowest BCUT2D eigenvalue weighted by Gasteiger charge is -2.34. The normalized spacial score (nSPS) is 25.9. The summed E-state index contributed by atoms with van der Waals surface area (Å²) in [5.41, 5.74) is 1.40. The number of β-amino-alcohol motifs (C(OH)–C–C–N with tert-alkyl or cyclic N) is 1. The lowest BCUT2D eigenvalue weighted by atomic mass is 10.0. The Kier molecular flexibility index (Phi) is 6.46. The van der Waals surface area contributed by atoms with Gasteiger partial charge in [0, 0.05) is 32.2 Å². The van der Waals surface area contributed by atoms with Crippen LogP contribution in [0.4, 0.5) is 0 Å². The van der Waals surface area contributed by atoms with Crippen molar-refractivity contribution in [3.63, 3.8) is 0 Å². The topological polar surface area (TPSA) is 35.9 Å². The third kappa shape index (κ3) is 5.01. The summed E-state index contributed by atoms with van der Waals surface area (Å²) in [7, 11) is 0. The lowest BCUT2D eigenvalue weighted by molar-refractivity contribution is 0.00309. The molecule has 4 nitrogen and oxygen atoms in total. The molecule has 0 amide bonds. The van der Waals surface area contributed by atoms with Crippen LogP contribution in [0, 0.1) is 0 Å². The third-order valence-corrected chi connectivity index (χ3v) is 5.07. The van der Waals surface area contributed by atoms with Crippen LogP contribution in [0.25, 0.3) is 0 Å². The van der Waals surface area contributed by atoms with Gasteiger partial charge >= 0.3 is 0 Å². The van der Waals surface area contributed by atoms with Crippen molar-refractivity contribution in [2.45, 2.75) is 37.8 Å². The van der Waals surface area contributed by atoms with E-state index in [1.54, 1.807) is 0 Å². The second-order valence-electron chi connectivity index (χ2n) is 6.84. The smallest absolute Gasteiger partial charge is 0.0794 e. The van der Waals surface area contributed by atoms with Crippen molar-refractivity contribution in [2.24, 2.45) is 0 Å². The zero-order valence-electron chi connectivity index (χ0n) is 14.1. The van der Waals surface area contributed by atoms with Crippen molar-refractivity contribution >= 4 is 0 Å². The van der Waals surface area contributed by atoms with Gasteiger partial charge in [-0.3, -0.25) is 9.80 Å². The molecule has 0 radical (unpaired) electrons. The van der Waals surface area contributed by atoms with E-state index < -0.39 is 0 Å². The fourth-order valence-corrected chi connectivity index (χ4v) is 3.85. The maximum Gasteiger partial charge on any atom is 0.0794 e. The monoisotopic (exact) mass is 318 g/mol. The van der Waals surface area contributed by atoms with E-state index in [-0.39, 0.29) is 6.10 Å². The predicted octanol–water partition coefficient (Wildman–Crippen LogP) is 2.30. The number of aliphatic hydroxyl groups is 1. The second kappa shape index (κ2) is 8.78. The van der Waals surface area contributed by atoms with E-state index in [1.807, 2.05) is 0 Å². The van der Waals surface area contributed by atoms with E-state index in [0.717, 1.165) is 45.9 Å². The molecule has 2 fully saturated rings. The summed E-state index contributed by atoms with van der Waals surface area (Å²) < 4.78 is 5.39. The Morgan fingerprint density at radius 1 is 1.00 bits per heavy atom. The lowest BCUT2D eigenvalue weighted by Crippen LogP contribution is -2.45. The van der Waals surface area contributed by atoms with Crippen molar-refractivity contribution < 1.29 is 9.84 Å². The van der Waals surface area contributed by atoms with E-state index in [1.165, 1.54) is 31.2 Å². The number of rotatable bonds is 5. The summed E-state index contributed by atoms with van der Waals surface area (Å²) in [4.78, 5) is 4.83. The second-order valence-corrected chi connectivity index (χ2v) is 6.84. The number of hydrogen-bond donors (Lipinski definition) is 1. The van der Waals surface area contributed by atoms with Gasteiger partial charge in [-0.25, -0.2) is 0 Å². The minimum absolute atomic E-state index is 0.280. The van der Waals surface area contributed by atoms with Crippen LogP contribution in [-0.4, -0.2) is 66.9 Å². The van der Waals surface area contributed by atoms with Gasteiger partial charge in [0.2, 0.25) is 0 Å². The van der Waals surface area contributed by atoms with Gasteiger partial charge in [0.25, 0.3) is 0 Å². The summed E-state index contributed by atoms with van der Waals surface area (Å²) >= 11 is 0. The fraction of sp³-hybridized carbons (Fsp3) is 0.684. The molecular weight excluding hydrogens is 288 g/mol. The van der Waals surface area contributed by atoms with Crippen LogP contribution >= 0.6 is 0 Å². The average Bonchev–Trinajstić information content (AvgIpc) is 2.82. The summed E-state index contributed by atoms with van der Waals surface area (Å²) in [6.45, 7) is 6.11. The first-order valence-electron chi connectivity index (χ1n) is 9.10. The van der Waals surface area contributed by atoms with Crippen LogP contribution in [0.1, 0.15) is 37.3 Å². The zero-order chi connectivity index (χ0) is 15.9. The molecule has 2 heterocycles. The number of hydrogen-bond acceptors (Lipinski definition) is 4. The quantitative estimate of drug-likeness (QED) is 0.904. The van der Waals surface area contributed by atoms with Gasteiger partial charge in [-0.2, -0.15) is 0 Å². The van der Waals surface area contributed by atoms with E-state index in [2.05, 4.69) is 40.1 Å². The molecule has 2 unspecified atom stereocenters. The molecule has 4 heteroatoms. The fourth-order valence-electron chi connectivity index (χ4n) is 3.85. The van der Waals surface area contributed by atoms with E-state index in [4.69, 9.17) is 4.74 Å². The number of morpholine rings is 1. The van der Waals surface area contributed by atoms with Crippen LogP contribution in [0.5, 0.6) is 0 Å². The number of ether oxygens (including phenoxy) is 1. The molecule has 23 heavy (non-hydrogen) atoms. The van der Waals surface area contributed by atoms with E-state index in [9.17, 15) is 5.11 Å². The van der Waals surface area contributed by atoms with E-state index >= 15 is 0 Å². The predicted molar refractivity (Wildman–Crippen MR) is 92.5 cm³/mol. The molecule has 0 spiro atoms. The maximum atomic E-state index is 10.6. The molecule has 0 aromatic heterocycles. The standard InChI is InChI=1S/C19H30N2O2/c22-18(15-20-11-13-23-14-12-20)16-21-10-6-2-5-9-19(21)17-7-3-1-4-8-17/h1,3-4,7-8,18-19,22H,2,5-6,9-16H2. The highest BCUT2D eigenvalue weighted by molar-refractivity contribution is 5.19. The molecule has 3 rings (SSSR count). The van der Waals surface area contributed by atoms with E-state index in [0.29, 0.717) is 6.04 Å². The zero-order valence-corrected chi connectivity index (χ0v) is 14.1. The summed E-state index contributed by atoms with van der Waals surface area (Å²) in [6, 6.07) is 11.3. The van der Waals surface area contributed by atoms with Crippen molar-refractivity contribution in [1.29, 1.82) is 0 Å². The van der Waals surface area contributed by atoms with Gasteiger partial charge in [-0.15, -0.1) is 0 Å². The summed E-state index contributed by atoms with van der Waals surface area (Å²) in [5.74, 6) is 0. The Hall–Kier alpha value is -0.940. The van der Waals surface area contributed by atoms with Gasteiger partial charge < -0.3 is 9.84 Å². The third-order valence-electron chi connectivity index (χ3n) is 5.07. The Morgan fingerprint density at radius 3 is 2.57 bits per heavy atom. The highest BCUT2D eigenvalue weighted by Crippen LogP contribution is 2.30. The molecule has 0 saturated carbocycles. The number of likely N-dealkylation sites (tertiary alicyclic amines) is 1. The molecule has 2 atom stereocenters. The van der Waals surface area contributed by atoms with Crippen LogP contribution in [0.2, 0.25) is 0 Å². The van der Waals surface area contributed by atoms with Gasteiger partial charge in [-0.1, -0.05) is 43.2 Å². The van der Waals surface area contributed by atoms with Gasteiger partial charge in [0.05, 0.1) is 19.3 Å². The highest BCUT2D eigenvalue weighted by Gasteiger charge is 2.25. The molecule has 2 aliphatic rings. The molecule has 0 bridgehead atoms. The van der Waals surface area contributed by atoms with Crippen LogP contribution in [0.3, 0.4) is 0 Å². The number of benzene rings is 1. The van der Waals surface area contributed by atoms with Crippen molar-refractivity contribution in [3.8, 4) is 0 Å². The minimum Gasteiger partial charge on any atom is -0.390 e. The Balaban J connectivity index is 1.60. The van der Waals surface area contributed by atoms with Crippen molar-refractivity contribution in [1.82, 2.24) is 9.80 Å². The Bertz CT molecular complexity index is 448. The first-order valence-corrected chi connectivity index (χ1v) is 9.10. The largest absolute Gasteiger partial charge is 0.390 e. The summed E-state index contributed by atoms with van der Waals surface area (Å²) in [6.07, 6.45) is 4.76. The van der Waals surface area contributed by atoms with Gasteiger partial charge in [0.1, 0.15) is 0 Å². The molecule has 1 aromatic rings. The van der Waals surface area contributed by atoms with Crippen LogP contribution in [0.15, 0.2) is 30.3 Å². The SMILES string of the molecule is OC(CN1CCOCC1)CN1CCCCCC1c1ccccc1. The molecule has 0 aliphatic carbocycles. The maximum absolute atomic E-state index is 10.6. The number of aliphatic hydroxyl groups excluding tert-OH is 1. The van der Waals surface area contributed by atoms with Crippen LogP contribution in [-0.2, 0) is 4.74 Å². The summed E-state index contributed by atoms with van der Waals surface area (Å²) in [5, 5.41) is 10.6. The molecule has 2 aliphatic heterocycles. The Morgan fingerprint density at radius 2 is 1.78 bits per heavy atom. The first-order chi connectivity index (χ1) is 11.3. The molecule has 1 N–H and O–H groups in total. The highest BCUT2D eigenvalue weighted by atomic mass is 16.5. The molecular formula is C19H30N2O2.